The molecule has 0 atom stereocenters. The van der Waals surface area contributed by atoms with Gasteiger partial charge in [-0.3, -0.25) is 0 Å². The molecule has 4 heteroatoms. The lowest BCUT2D eigenvalue weighted by Gasteiger charge is -2.28. The summed E-state index contributed by atoms with van der Waals surface area (Å²) in [6.07, 6.45) is 8.34. The summed E-state index contributed by atoms with van der Waals surface area (Å²) >= 11 is 0. The van der Waals surface area contributed by atoms with Crippen LogP contribution in [-0.4, -0.2) is 23.6 Å². The lowest BCUT2D eigenvalue weighted by molar-refractivity contribution is 0.278. The summed E-state index contributed by atoms with van der Waals surface area (Å²) in [5.74, 6) is 3.30. The van der Waals surface area contributed by atoms with Crippen LogP contribution in [0, 0.1) is 18.8 Å². The Bertz CT molecular complexity index is 400. The fourth-order valence-corrected chi connectivity index (χ4v) is 2.90. The van der Waals surface area contributed by atoms with Gasteiger partial charge in [0.1, 0.15) is 12.1 Å². The number of hydrogen-bond donors (Lipinski definition) is 1. The van der Waals surface area contributed by atoms with E-state index in [2.05, 4.69) is 22.2 Å². The number of methoxy groups -OCH3 is 1. The first-order valence-electron chi connectivity index (χ1n) is 7.34. The average Bonchev–Trinajstić information content (AvgIpc) is 2.47. The van der Waals surface area contributed by atoms with Gasteiger partial charge in [0.25, 0.3) is 0 Å². The highest BCUT2D eigenvalue weighted by Crippen LogP contribution is 2.31. The maximum Gasteiger partial charge on any atom is 0.221 e. The minimum atomic E-state index is 0.659. The quantitative estimate of drug-likeness (QED) is 0.884. The second kappa shape index (κ2) is 6.73. The smallest absolute Gasteiger partial charge is 0.221 e. The van der Waals surface area contributed by atoms with Gasteiger partial charge < -0.3 is 10.1 Å². The van der Waals surface area contributed by atoms with Gasteiger partial charge in [0.05, 0.1) is 12.7 Å². The Kier molecular flexibility index (Phi) is 5.00. The maximum atomic E-state index is 5.21. The molecular weight excluding hydrogens is 238 g/mol. The molecule has 0 bridgehead atoms. The Morgan fingerprint density at radius 2 is 1.89 bits per heavy atom. The van der Waals surface area contributed by atoms with Crippen molar-refractivity contribution in [3.8, 4) is 5.88 Å². The fourth-order valence-electron chi connectivity index (χ4n) is 2.90. The van der Waals surface area contributed by atoms with Crippen LogP contribution < -0.4 is 10.1 Å². The number of nitrogens with one attached hydrogen (secondary N) is 1. The molecule has 0 unspecified atom stereocenters. The van der Waals surface area contributed by atoms with Crippen LogP contribution in [0.5, 0.6) is 5.88 Å². The van der Waals surface area contributed by atoms with Crippen LogP contribution in [0.4, 0.5) is 5.82 Å². The summed E-state index contributed by atoms with van der Waals surface area (Å²) in [4.78, 5) is 8.40. The molecule has 1 aromatic rings. The van der Waals surface area contributed by atoms with E-state index in [1.165, 1.54) is 32.1 Å². The number of hydrogen-bond acceptors (Lipinski definition) is 4. The monoisotopic (exact) mass is 263 g/mol. The Balaban J connectivity index is 1.86. The zero-order valence-electron chi connectivity index (χ0n) is 12.3. The largest absolute Gasteiger partial charge is 0.481 e. The third kappa shape index (κ3) is 3.58. The van der Waals surface area contributed by atoms with E-state index in [0.717, 1.165) is 29.8 Å². The molecule has 1 aliphatic rings. The summed E-state index contributed by atoms with van der Waals surface area (Å²) in [6.45, 7) is 5.31. The Labute approximate surface area is 116 Å². The molecule has 0 radical (unpaired) electrons. The summed E-state index contributed by atoms with van der Waals surface area (Å²) in [5.41, 5.74) is 0.993. The number of nitrogens with zero attached hydrogens (tertiary/aromatic N) is 2. The third-order valence-corrected chi connectivity index (χ3v) is 4.33. The lowest BCUT2D eigenvalue weighted by atomic mass is 9.81. The molecule has 1 fully saturated rings. The molecule has 1 N–H and O–H groups in total. The number of anilines is 1. The van der Waals surface area contributed by atoms with E-state index < -0.39 is 0 Å². The predicted molar refractivity (Wildman–Crippen MR) is 77.5 cm³/mol. The van der Waals surface area contributed by atoms with Crippen molar-refractivity contribution in [2.45, 2.75) is 46.0 Å². The van der Waals surface area contributed by atoms with Gasteiger partial charge in [-0.05, 0) is 31.6 Å². The molecule has 1 heterocycles. The molecule has 0 aliphatic heterocycles. The van der Waals surface area contributed by atoms with Gasteiger partial charge >= 0.3 is 0 Å². The van der Waals surface area contributed by atoms with E-state index in [4.69, 9.17) is 4.74 Å². The van der Waals surface area contributed by atoms with Crippen LogP contribution in [0.15, 0.2) is 6.33 Å². The van der Waals surface area contributed by atoms with Crippen LogP contribution in [0.2, 0.25) is 0 Å². The fraction of sp³-hybridized carbons (Fsp3) is 0.733. The molecule has 2 rings (SSSR count). The van der Waals surface area contributed by atoms with Crippen molar-refractivity contribution in [2.24, 2.45) is 11.8 Å². The third-order valence-electron chi connectivity index (χ3n) is 4.33. The zero-order chi connectivity index (χ0) is 13.7. The van der Waals surface area contributed by atoms with E-state index in [-0.39, 0.29) is 0 Å². The first-order valence-corrected chi connectivity index (χ1v) is 7.34. The van der Waals surface area contributed by atoms with E-state index >= 15 is 0 Å². The SMILES string of the molecule is CCC1CCC(CNc2ncnc(OC)c2C)CC1. The summed E-state index contributed by atoms with van der Waals surface area (Å²) in [7, 11) is 1.64. The minimum Gasteiger partial charge on any atom is -0.481 e. The van der Waals surface area contributed by atoms with Crippen molar-refractivity contribution in [3.05, 3.63) is 11.9 Å². The van der Waals surface area contributed by atoms with Crippen molar-refractivity contribution in [1.82, 2.24) is 9.97 Å². The minimum absolute atomic E-state index is 0.659. The molecule has 1 saturated carbocycles. The molecule has 4 nitrogen and oxygen atoms in total. The van der Waals surface area contributed by atoms with Crippen LogP contribution in [0.3, 0.4) is 0 Å². The maximum absolute atomic E-state index is 5.21. The second-order valence-electron chi connectivity index (χ2n) is 5.53. The molecular formula is C15H25N3O. The van der Waals surface area contributed by atoms with Gasteiger partial charge in [-0.1, -0.05) is 26.2 Å². The standard InChI is InChI=1S/C15H25N3O/c1-4-12-5-7-13(8-6-12)9-16-14-11(2)15(19-3)18-10-17-14/h10,12-13H,4-9H2,1-3H3,(H,16,17,18). The Morgan fingerprint density at radius 1 is 1.21 bits per heavy atom. The lowest BCUT2D eigenvalue weighted by Crippen LogP contribution is -2.21. The van der Waals surface area contributed by atoms with Crippen LogP contribution >= 0.6 is 0 Å². The van der Waals surface area contributed by atoms with Gasteiger partial charge in [-0.2, -0.15) is 0 Å². The van der Waals surface area contributed by atoms with Gasteiger partial charge in [-0.25, -0.2) is 9.97 Å². The van der Waals surface area contributed by atoms with Crippen molar-refractivity contribution in [3.63, 3.8) is 0 Å². The number of ether oxygens (including phenoxy) is 1. The van der Waals surface area contributed by atoms with Crippen molar-refractivity contribution < 1.29 is 4.74 Å². The molecule has 1 aliphatic carbocycles. The van der Waals surface area contributed by atoms with E-state index in [0.29, 0.717) is 5.88 Å². The van der Waals surface area contributed by atoms with E-state index in [9.17, 15) is 0 Å². The second-order valence-corrected chi connectivity index (χ2v) is 5.53. The highest BCUT2D eigenvalue weighted by atomic mass is 16.5. The molecule has 0 aromatic carbocycles. The number of rotatable bonds is 5. The van der Waals surface area contributed by atoms with Gasteiger partial charge in [-0.15, -0.1) is 0 Å². The van der Waals surface area contributed by atoms with Crippen LogP contribution in [0.25, 0.3) is 0 Å². The highest BCUT2D eigenvalue weighted by molar-refractivity contribution is 5.47. The molecule has 0 saturated heterocycles. The van der Waals surface area contributed by atoms with Gasteiger partial charge in [0.15, 0.2) is 0 Å². The topological polar surface area (TPSA) is 47.0 Å². The van der Waals surface area contributed by atoms with Crippen LogP contribution in [0.1, 0.15) is 44.6 Å². The van der Waals surface area contributed by atoms with E-state index in [1.807, 2.05) is 6.92 Å². The van der Waals surface area contributed by atoms with Gasteiger partial charge in [0, 0.05) is 6.54 Å². The normalized spacial score (nSPS) is 23.1. The number of aromatic nitrogens is 2. The van der Waals surface area contributed by atoms with Crippen molar-refractivity contribution in [1.29, 1.82) is 0 Å². The van der Waals surface area contributed by atoms with Crippen molar-refractivity contribution in [2.75, 3.05) is 19.0 Å². The molecule has 0 spiro atoms. The predicted octanol–water partition coefficient (Wildman–Crippen LogP) is 3.42. The molecule has 19 heavy (non-hydrogen) atoms. The molecule has 0 amide bonds. The first-order chi connectivity index (χ1) is 9.24. The zero-order valence-corrected chi connectivity index (χ0v) is 12.3. The average molecular weight is 263 g/mol. The Hall–Kier alpha value is -1.32. The highest BCUT2D eigenvalue weighted by Gasteiger charge is 2.20. The molecule has 106 valence electrons. The molecule has 1 aromatic heterocycles. The Morgan fingerprint density at radius 3 is 2.53 bits per heavy atom. The van der Waals surface area contributed by atoms with E-state index in [1.54, 1.807) is 13.4 Å². The van der Waals surface area contributed by atoms with Crippen molar-refractivity contribution >= 4 is 5.82 Å². The van der Waals surface area contributed by atoms with Crippen LogP contribution in [-0.2, 0) is 0 Å². The summed E-state index contributed by atoms with van der Waals surface area (Å²) < 4.78 is 5.21. The first kappa shape index (κ1) is 14.1. The van der Waals surface area contributed by atoms with Gasteiger partial charge in [0.2, 0.25) is 5.88 Å². The summed E-state index contributed by atoms with van der Waals surface area (Å²) in [5, 5.41) is 3.46. The summed E-state index contributed by atoms with van der Waals surface area (Å²) in [6, 6.07) is 0.